The SMILES string of the molecule is O[C@H]1CCCC[C@H]1c1cc(C(F)(F)F)cc(C(F)(F)F)c1. The van der Waals surface area contributed by atoms with Gasteiger partial charge in [-0.25, -0.2) is 0 Å². The first kappa shape index (κ1) is 16.1. The first-order valence-electron chi connectivity index (χ1n) is 6.56. The van der Waals surface area contributed by atoms with E-state index < -0.39 is 35.5 Å². The summed E-state index contributed by atoms with van der Waals surface area (Å²) in [6.45, 7) is 0. The van der Waals surface area contributed by atoms with E-state index in [-0.39, 0.29) is 11.6 Å². The number of benzene rings is 1. The fourth-order valence-electron chi connectivity index (χ4n) is 2.69. The van der Waals surface area contributed by atoms with Gasteiger partial charge in [-0.05, 0) is 36.6 Å². The fraction of sp³-hybridized carbons (Fsp3) is 0.571. The molecule has 0 aliphatic heterocycles. The molecule has 1 aromatic carbocycles. The molecule has 2 atom stereocenters. The molecule has 1 fully saturated rings. The molecule has 1 saturated carbocycles. The maximum atomic E-state index is 12.8. The molecule has 1 nitrogen and oxygen atoms in total. The van der Waals surface area contributed by atoms with Crippen molar-refractivity contribution in [2.75, 3.05) is 0 Å². The molecule has 0 amide bonds. The Labute approximate surface area is 117 Å². The van der Waals surface area contributed by atoms with E-state index in [4.69, 9.17) is 0 Å². The molecule has 0 spiro atoms. The van der Waals surface area contributed by atoms with Gasteiger partial charge in [0.05, 0.1) is 17.2 Å². The summed E-state index contributed by atoms with van der Waals surface area (Å²) in [7, 11) is 0. The molecular weight excluding hydrogens is 298 g/mol. The van der Waals surface area contributed by atoms with Gasteiger partial charge in [-0.3, -0.25) is 0 Å². The van der Waals surface area contributed by atoms with Crippen LogP contribution in [0.25, 0.3) is 0 Å². The lowest BCUT2D eigenvalue weighted by Gasteiger charge is -2.29. The summed E-state index contributed by atoms with van der Waals surface area (Å²) in [6.07, 6.45) is -8.42. The normalized spacial score (nSPS) is 24.1. The van der Waals surface area contributed by atoms with E-state index >= 15 is 0 Å². The Bertz CT molecular complexity index is 473. The zero-order valence-electron chi connectivity index (χ0n) is 10.9. The van der Waals surface area contributed by atoms with Crippen molar-refractivity contribution in [1.82, 2.24) is 0 Å². The van der Waals surface area contributed by atoms with Gasteiger partial charge in [0.25, 0.3) is 0 Å². The molecular formula is C14H14F6O. The zero-order valence-corrected chi connectivity index (χ0v) is 10.9. The summed E-state index contributed by atoms with van der Waals surface area (Å²) in [6, 6.07) is 1.54. The highest BCUT2D eigenvalue weighted by Crippen LogP contribution is 2.40. The quantitative estimate of drug-likeness (QED) is 0.742. The van der Waals surface area contributed by atoms with Crippen molar-refractivity contribution in [2.45, 2.75) is 50.1 Å². The maximum Gasteiger partial charge on any atom is 0.416 e. The lowest BCUT2D eigenvalue weighted by molar-refractivity contribution is -0.143. The van der Waals surface area contributed by atoms with E-state index in [1.165, 1.54) is 0 Å². The maximum absolute atomic E-state index is 12.8. The van der Waals surface area contributed by atoms with E-state index in [2.05, 4.69) is 0 Å². The minimum atomic E-state index is -4.85. The first-order chi connectivity index (χ1) is 9.59. The summed E-state index contributed by atoms with van der Waals surface area (Å²) in [5.41, 5.74) is -2.75. The third kappa shape index (κ3) is 3.70. The van der Waals surface area contributed by atoms with E-state index in [0.29, 0.717) is 31.4 Å². The van der Waals surface area contributed by atoms with Crippen LogP contribution in [0.1, 0.15) is 48.3 Å². The van der Waals surface area contributed by atoms with E-state index in [1.54, 1.807) is 0 Å². The number of aliphatic hydroxyl groups excluding tert-OH is 1. The van der Waals surface area contributed by atoms with Crippen LogP contribution in [0.2, 0.25) is 0 Å². The number of rotatable bonds is 1. The van der Waals surface area contributed by atoms with Gasteiger partial charge in [-0.15, -0.1) is 0 Å². The number of aliphatic hydroxyl groups is 1. The van der Waals surface area contributed by atoms with Crippen molar-refractivity contribution < 1.29 is 31.4 Å². The van der Waals surface area contributed by atoms with Crippen molar-refractivity contribution in [1.29, 1.82) is 0 Å². The van der Waals surface area contributed by atoms with Crippen molar-refractivity contribution in [3.63, 3.8) is 0 Å². The molecule has 0 aromatic heterocycles. The van der Waals surface area contributed by atoms with Crippen LogP contribution in [0.15, 0.2) is 18.2 Å². The molecule has 7 heteroatoms. The smallest absolute Gasteiger partial charge is 0.392 e. The summed E-state index contributed by atoms with van der Waals surface area (Å²) >= 11 is 0. The monoisotopic (exact) mass is 312 g/mol. The molecule has 0 bridgehead atoms. The van der Waals surface area contributed by atoms with Crippen molar-refractivity contribution >= 4 is 0 Å². The Morgan fingerprint density at radius 2 is 1.29 bits per heavy atom. The van der Waals surface area contributed by atoms with Crippen molar-refractivity contribution in [3.8, 4) is 0 Å². The molecule has 0 unspecified atom stereocenters. The summed E-state index contributed by atoms with van der Waals surface area (Å²) in [5.74, 6) is -0.679. The largest absolute Gasteiger partial charge is 0.416 e. The van der Waals surface area contributed by atoms with Gasteiger partial charge in [0.1, 0.15) is 0 Å². The average molecular weight is 312 g/mol. The highest BCUT2D eigenvalue weighted by molar-refractivity contribution is 5.36. The third-order valence-corrected chi connectivity index (χ3v) is 3.77. The second-order valence-corrected chi connectivity index (χ2v) is 5.30. The number of hydrogen-bond donors (Lipinski definition) is 1. The third-order valence-electron chi connectivity index (χ3n) is 3.77. The van der Waals surface area contributed by atoms with Crippen molar-refractivity contribution in [2.24, 2.45) is 0 Å². The second-order valence-electron chi connectivity index (χ2n) is 5.30. The average Bonchev–Trinajstić information content (AvgIpc) is 2.36. The highest BCUT2D eigenvalue weighted by atomic mass is 19.4. The first-order valence-corrected chi connectivity index (χ1v) is 6.56. The van der Waals surface area contributed by atoms with Crippen LogP contribution in [-0.2, 0) is 12.4 Å². The molecule has 0 saturated heterocycles. The molecule has 1 aliphatic rings. The van der Waals surface area contributed by atoms with Gasteiger partial charge in [-0.2, -0.15) is 26.3 Å². The second kappa shape index (κ2) is 5.51. The summed E-state index contributed by atoms with van der Waals surface area (Å²) < 4.78 is 76.6. The zero-order chi connectivity index (χ0) is 15.8. The minimum Gasteiger partial charge on any atom is -0.392 e. The van der Waals surface area contributed by atoms with Gasteiger partial charge in [-0.1, -0.05) is 12.8 Å². The highest BCUT2D eigenvalue weighted by Gasteiger charge is 2.38. The van der Waals surface area contributed by atoms with E-state index in [9.17, 15) is 31.4 Å². The van der Waals surface area contributed by atoms with E-state index in [1.807, 2.05) is 0 Å². The standard InChI is InChI=1S/C14H14F6O/c15-13(16,17)9-5-8(6-10(7-9)14(18,19)20)11-3-1-2-4-12(11)21/h5-7,11-12,21H,1-4H2/t11-,12-/m0/s1. The van der Waals surface area contributed by atoms with Crippen LogP contribution in [0.3, 0.4) is 0 Å². The molecule has 21 heavy (non-hydrogen) atoms. The topological polar surface area (TPSA) is 20.2 Å². The molecule has 1 aromatic rings. The minimum absolute atomic E-state index is 0.0932. The van der Waals surface area contributed by atoms with Gasteiger partial charge >= 0.3 is 12.4 Å². The van der Waals surface area contributed by atoms with Gasteiger partial charge in [0.15, 0.2) is 0 Å². The lowest BCUT2D eigenvalue weighted by Crippen LogP contribution is -2.23. The van der Waals surface area contributed by atoms with Crippen LogP contribution in [0.4, 0.5) is 26.3 Å². The van der Waals surface area contributed by atoms with E-state index in [0.717, 1.165) is 6.42 Å². The molecule has 0 radical (unpaired) electrons. The van der Waals surface area contributed by atoms with Crippen LogP contribution < -0.4 is 0 Å². The van der Waals surface area contributed by atoms with Crippen LogP contribution in [0.5, 0.6) is 0 Å². The Balaban J connectivity index is 2.49. The van der Waals surface area contributed by atoms with Gasteiger partial charge in [0.2, 0.25) is 0 Å². The predicted octanol–water partition coefficient (Wildman–Crippen LogP) is 4.74. The number of alkyl halides is 6. The van der Waals surface area contributed by atoms with Crippen LogP contribution in [0, 0.1) is 0 Å². The Kier molecular flexibility index (Phi) is 4.24. The lowest BCUT2D eigenvalue weighted by atomic mass is 9.80. The van der Waals surface area contributed by atoms with Crippen molar-refractivity contribution in [3.05, 3.63) is 34.9 Å². The fourth-order valence-corrected chi connectivity index (χ4v) is 2.69. The predicted molar refractivity (Wildman–Crippen MR) is 63.7 cm³/mol. The number of hydrogen-bond acceptors (Lipinski definition) is 1. The Morgan fingerprint density at radius 3 is 1.71 bits per heavy atom. The summed E-state index contributed by atoms with van der Waals surface area (Å²) in [4.78, 5) is 0. The van der Waals surface area contributed by atoms with Crippen LogP contribution >= 0.6 is 0 Å². The number of halogens is 6. The molecule has 1 N–H and O–H groups in total. The van der Waals surface area contributed by atoms with Gasteiger partial charge < -0.3 is 5.11 Å². The Morgan fingerprint density at radius 1 is 0.810 bits per heavy atom. The van der Waals surface area contributed by atoms with Crippen LogP contribution in [-0.4, -0.2) is 11.2 Å². The molecule has 0 heterocycles. The molecule has 2 rings (SSSR count). The van der Waals surface area contributed by atoms with Gasteiger partial charge in [0, 0.05) is 5.92 Å². The summed E-state index contributed by atoms with van der Waals surface area (Å²) in [5, 5.41) is 9.85. The molecule has 1 aliphatic carbocycles. The Hall–Kier alpha value is -1.24. The molecule has 118 valence electrons.